The number of carbonyl (C=O) groups excluding carboxylic acids is 1. The van der Waals surface area contributed by atoms with Gasteiger partial charge >= 0.3 is 6.09 Å². The van der Waals surface area contributed by atoms with Gasteiger partial charge in [-0.05, 0) is 59.4 Å². The van der Waals surface area contributed by atoms with Crippen LogP contribution in [-0.2, 0) is 9.47 Å². The smallest absolute Gasteiger partial charge is 0.410 e. The van der Waals surface area contributed by atoms with Crippen LogP contribution in [0.5, 0.6) is 0 Å². The highest BCUT2D eigenvalue weighted by atomic mass is 16.6. The number of rotatable bonds is 6. The zero-order chi connectivity index (χ0) is 19.2. The van der Waals surface area contributed by atoms with Crippen molar-refractivity contribution in [1.82, 2.24) is 14.7 Å². The molecular weight excluding hydrogens is 330 g/mol. The molecule has 26 heavy (non-hydrogen) atoms. The van der Waals surface area contributed by atoms with E-state index in [2.05, 4.69) is 16.7 Å². The van der Waals surface area contributed by atoms with Gasteiger partial charge in [0.2, 0.25) is 0 Å². The number of hydrogen-bond acceptors (Lipinski definition) is 5. The fourth-order valence-electron chi connectivity index (χ4n) is 3.97. The second-order valence-electron chi connectivity index (χ2n) is 8.90. The molecule has 6 nitrogen and oxygen atoms in total. The summed E-state index contributed by atoms with van der Waals surface area (Å²) in [6.07, 6.45) is 3.33. The Hall–Kier alpha value is -0.850. The molecule has 1 amide bonds. The second-order valence-corrected chi connectivity index (χ2v) is 8.90. The summed E-state index contributed by atoms with van der Waals surface area (Å²) < 4.78 is 10.7. The lowest BCUT2D eigenvalue weighted by Gasteiger charge is -2.41. The Morgan fingerprint density at radius 3 is 2.54 bits per heavy atom. The lowest BCUT2D eigenvalue weighted by Crippen LogP contribution is -2.53. The predicted molar refractivity (Wildman–Crippen MR) is 104 cm³/mol. The largest absolute Gasteiger partial charge is 0.444 e. The SMILES string of the molecule is COCCN1CCN(CC[C@H]2CCCN(C(=O)OC(C)(C)C)C2)C[C@H]1C. The Balaban J connectivity index is 1.71. The van der Waals surface area contributed by atoms with Crippen molar-refractivity contribution in [1.29, 1.82) is 0 Å². The van der Waals surface area contributed by atoms with Gasteiger partial charge in [0.05, 0.1) is 6.61 Å². The van der Waals surface area contributed by atoms with Crippen LogP contribution >= 0.6 is 0 Å². The maximum Gasteiger partial charge on any atom is 0.410 e. The highest BCUT2D eigenvalue weighted by molar-refractivity contribution is 5.68. The van der Waals surface area contributed by atoms with Gasteiger partial charge in [0.1, 0.15) is 5.60 Å². The van der Waals surface area contributed by atoms with Gasteiger partial charge in [0, 0.05) is 52.4 Å². The van der Waals surface area contributed by atoms with Crippen molar-refractivity contribution in [2.75, 3.05) is 59.5 Å². The summed E-state index contributed by atoms with van der Waals surface area (Å²) in [5, 5.41) is 0. The van der Waals surface area contributed by atoms with Gasteiger partial charge < -0.3 is 19.3 Å². The molecule has 2 atom stereocenters. The Morgan fingerprint density at radius 2 is 1.88 bits per heavy atom. The van der Waals surface area contributed by atoms with Gasteiger partial charge in [0.15, 0.2) is 0 Å². The second kappa shape index (κ2) is 9.90. The van der Waals surface area contributed by atoms with E-state index in [0.29, 0.717) is 12.0 Å². The molecule has 0 aromatic rings. The molecule has 0 aromatic heterocycles. The van der Waals surface area contributed by atoms with Crippen LogP contribution < -0.4 is 0 Å². The number of likely N-dealkylation sites (tertiary alicyclic amines) is 1. The first kappa shape index (κ1) is 21.5. The molecule has 2 heterocycles. The summed E-state index contributed by atoms with van der Waals surface area (Å²) in [5.74, 6) is 0.595. The number of nitrogens with zero attached hydrogens (tertiary/aromatic N) is 3. The van der Waals surface area contributed by atoms with Crippen molar-refractivity contribution < 1.29 is 14.3 Å². The average Bonchev–Trinajstić information content (AvgIpc) is 2.58. The molecule has 152 valence electrons. The molecular formula is C20H39N3O3. The number of amides is 1. The van der Waals surface area contributed by atoms with Crippen LogP contribution in [0.3, 0.4) is 0 Å². The maximum atomic E-state index is 12.3. The van der Waals surface area contributed by atoms with Crippen molar-refractivity contribution in [2.24, 2.45) is 5.92 Å². The molecule has 2 rings (SSSR count). The standard InChI is InChI=1S/C20H39N3O3/c1-17-15-21(11-12-22(17)13-14-25-5)10-8-18-7-6-9-23(16-18)19(24)26-20(2,3)4/h17-18H,6-16H2,1-5H3/t17-,18-/m1/s1. The third kappa shape index (κ3) is 7.05. The summed E-state index contributed by atoms with van der Waals surface area (Å²) in [6, 6.07) is 0.587. The molecule has 0 aliphatic carbocycles. The summed E-state index contributed by atoms with van der Waals surface area (Å²) >= 11 is 0. The van der Waals surface area contributed by atoms with Gasteiger partial charge in [-0.1, -0.05) is 0 Å². The van der Waals surface area contributed by atoms with Crippen molar-refractivity contribution in [3.05, 3.63) is 0 Å². The van der Waals surface area contributed by atoms with Crippen molar-refractivity contribution in [3.8, 4) is 0 Å². The number of ether oxygens (including phenoxy) is 2. The minimum atomic E-state index is -0.414. The molecule has 6 heteroatoms. The summed E-state index contributed by atoms with van der Waals surface area (Å²) in [6.45, 7) is 16.1. The Morgan fingerprint density at radius 1 is 1.12 bits per heavy atom. The molecule has 0 bridgehead atoms. The molecule has 0 saturated carbocycles. The number of piperidine rings is 1. The zero-order valence-electron chi connectivity index (χ0n) is 17.5. The maximum absolute atomic E-state index is 12.3. The summed E-state index contributed by atoms with van der Waals surface area (Å²) in [4.78, 5) is 19.3. The molecule has 0 aromatic carbocycles. The molecule has 0 unspecified atom stereocenters. The topological polar surface area (TPSA) is 45.2 Å². The van der Waals surface area contributed by atoms with E-state index in [-0.39, 0.29) is 6.09 Å². The van der Waals surface area contributed by atoms with Crippen LogP contribution in [-0.4, -0.2) is 92.0 Å². The normalized spacial score (nSPS) is 26.1. The van der Waals surface area contributed by atoms with E-state index in [0.717, 1.165) is 58.8 Å². The van der Waals surface area contributed by atoms with Crippen LogP contribution in [0.1, 0.15) is 47.0 Å². The van der Waals surface area contributed by atoms with Gasteiger partial charge in [0.25, 0.3) is 0 Å². The first-order valence-electron chi connectivity index (χ1n) is 10.2. The highest BCUT2D eigenvalue weighted by Crippen LogP contribution is 2.22. The van der Waals surface area contributed by atoms with E-state index in [1.165, 1.54) is 12.8 Å². The summed E-state index contributed by atoms with van der Waals surface area (Å²) in [5.41, 5.74) is -0.414. The van der Waals surface area contributed by atoms with Crippen LogP contribution in [0, 0.1) is 5.92 Å². The number of hydrogen-bond donors (Lipinski definition) is 0. The number of piperazine rings is 1. The Kier molecular flexibility index (Phi) is 8.17. The fourth-order valence-corrected chi connectivity index (χ4v) is 3.97. The number of methoxy groups -OCH3 is 1. The van der Waals surface area contributed by atoms with E-state index >= 15 is 0 Å². The zero-order valence-corrected chi connectivity index (χ0v) is 17.5. The van der Waals surface area contributed by atoms with Crippen LogP contribution in [0.25, 0.3) is 0 Å². The molecule has 0 N–H and O–H groups in total. The fraction of sp³-hybridized carbons (Fsp3) is 0.950. The molecule has 2 saturated heterocycles. The van der Waals surface area contributed by atoms with E-state index in [1.54, 1.807) is 7.11 Å². The van der Waals surface area contributed by atoms with Gasteiger partial charge in [-0.2, -0.15) is 0 Å². The molecule has 0 radical (unpaired) electrons. The minimum absolute atomic E-state index is 0.150. The Labute approximate surface area is 159 Å². The lowest BCUT2D eigenvalue weighted by molar-refractivity contribution is 0.0145. The van der Waals surface area contributed by atoms with Crippen molar-refractivity contribution >= 4 is 6.09 Å². The van der Waals surface area contributed by atoms with Crippen LogP contribution in [0.15, 0.2) is 0 Å². The minimum Gasteiger partial charge on any atom is -0.444 e. The average molecular weight is 370 g/mol. The third-order valence-corrected chi connectivity index (χ3v) is 5.46. The highest BCUT2D eigenvalue weighted by Gasteiger charge is 2.29. The first-order chi connectivity index (χ1) is 12.3. The Bertz CT molecular complexity index is 439. The van der Waals surface area contributed by atoms with Crippen molar-refractivity contribution in [2.45, 2.75) is 58.6 Å². The predicted octanol–water partition coefficient (Wildman–Crippen LogP) is 2.68. The third-order valence-electron chi connectivity index (χ3n) is 5.46. The molecule has 2 fully saturated rings. The van der Waals surface area contributed by atoms with Gasteiger partial charge in [-0.3, -0.25) is 4.90 Å². The molecule has 2 aliphatic heterocycles. The first-order valence-corrected chi connectivity index (χ1v) is 10.2. The van der Waals surface area contributed by atoms with E-state index in [1.807, 2.05) is 25.7 Å². The van der Waals surface area contributed by atoms with Gasteiger partial charge in [-0.25, -0.2) is 4.79 Å². The van der Waals surface area contributed by atoms with E-state index in [4.69, 9.17) is 9.47 Å². The number of carbonyl (C=O) groups is 1. The van der Waals surface area contributed by atoms with E-state index < -0.39 is 5.60 Å². The molecule has 2 aliphatic rings. The van der Waals surface area contributed by atoms with Crippen LogP contribution in [0.4, 0.5) is 4.79 Å². The summed E-state index contributed by atoms with van der Waals surface area (Å²) in [7, 11) is 1.77. The lowest BCUT2D eigenvalue weighted by atomic mass is 9.94. The monoisotopic (exact) mass is 369 g/mol. The van der Waals surface area contributed by atoms with Crippen LogP contribution in [0.2, 0.25) is 0 Å². The van der Waals surface area contributed by atoms with E-state index in [9.17, 15) is 4.79 Å². The molecule has 0 spiro atoms. The quantitative estimate of drug-likeness (QED) is 0.720. The van der Waals surface area contributed by atoms with Crippen molar-refractivity contribution in [3.63, 3.8) is 0 Å². The van der Waals surface area contributed by atoms with Gasteiger partial charge in [-0.15, -0.1) is 0 Å².